The molecule has 0 spiro atoms. The van der Waals surface area contributed by atoms with E-state index in [4.69, 9.17) is 4.42 Å². The van der Waals surface area contributed by atoms with E-state index in [0.29, 0.717) is 49.5 Å². The molecule has 0 aliphatic carbocycles. The van der Waals surface area contributed by atoms with Crippen LogP contribution in [0.2, 0.25) is 0 Å². The Morgan fingerprint density at radius 2 is 2.03 bits per heavy atom. The smallest absolute Gasteiger partial charge is 0.325 e. The van der Waals surface area contributed by atoms with Crippen molar-refractivity contribution in [3.8, 4) is 0 Å². The molecule has 2 aromatic rings. The predicted molar refractivity (Wildman–Crippen MR) is 117 cm³/mol. The molecule has 1 atom stereocenters. The predicted octanol–water partition coefficient (Wildman–Crippen LogP) is 3.45. The number of pyridine rings is 1. The second kappa shape index (κ2) is 9.14. The van der Waals surface area contributed by atoms with Gasteiger partial charge < -0.3 is 14.6 Å². The minimum atomic E-state index is -0.930. The van der Waals surface area contributed by atoms with E-state index in [1.54, 1.807) is 23.2 Å². The average molecular weight is 439 g/mol. The molecular formula is C24H30N4O4. The van der Waals surface area contributed by atoms with Crippen LogP contribution in [0.1, 0.15) is 55.6 Å². The van der Waals surface area contributed by atoms with Gasteiger partial charge in [-0.05, 0) is 55.7 Å². The Hall–Kier alpha value is -3.16. The van der Waals surface area contributed by atoms with Crippen molar-refractivity contribution in [3.63, 3.8) is 0 Å². The van der Waals surface area contributed by atoms with Gasteiger partial charge in [0.05, 0.1) is 24.1 Å². The average Bonchev–Trinajstić information content (AvgIpc) is 3.42. The number of carbonyl (C=O) groups excluding carboxylic acids is 3. The first-order valence-electron chi connectivity index (χ1n) is 11.3. The molecule has 2 aromatic heterocycles. The normalized spacial score (nSPS) is 22.0. The number of amides is 4. The monoisotopic (exact) mass is 438 g/mol. The molecule has 170 valence electrons. The van der Waals surface area contributed by atoms with Crippen LogP contribution in [-0.2, 0) is 11.3 Å². The van der Waals surface area contributed by atoms with E-state index in [-0.39, 0.29) is 30.3 Å². The molecule has 4 heterocycles. The van der Waals surface area contributed by atoms with E-state index in [9.17, 15) is 14.4 Å². The summed E-state index contributed by atoms with van der Waals surface area (Å²) in [6.45, 7) is 5.48. The van der Waals surface area contributed by atoms with Crippen LogP contribution in [-0.4, -0.2) is 51.3 Å². The Balaban J connectivity index is 1.51. The summed E-state index contributed by atoms with van der Waals surface area (Å²) in [5.41, 5.74) is 0.280. The van der Waals surface area contributed by atoms with Crippen LogP contribution in [0.3, 0.4) is 0 Å². The molecule has 2 fully saturated rings. The van der Waals surface area contributed by atoms with E-state index in [0.717, 1.165) is 6.42 Å². The van der Waals surface area contributed by atoms with Crippen molar-refractivity contribution in [2.45, 2.75) is 51.6 Å². The molecule has 8 nitrogen and oxygen atoms in total. The Morgan fingerprint density at radius 3 is 2.66 bits per heavy atom. The SMILES string of the molecule is CC(C)CC[C@@]1(C2CCN(C(=O)c3ccoc3)CC2)NC(=O)N(Cc2ccccn2)C1=O. The Kier molecular flexibility index (Phi) is 6.30. The maximum atomic E-state index is 13.7. The van der Waals surface area contributed by atoms with E-state index in [1.165, 1.54) is 17.4 Å². The minimum absolute atomic E-state index is 0.0279. The summed E-state index contributed by atoms with van der Waals surface area (Å²) in [4.78, 5) is 46.6. The second-order valence-corrected chi connectivity index (χ2v) is 9.12. The number of carbonyl (C=O) groups is 3. The Morgan fingerprint density at radius 1 is 1.25 bits per heavy atom. The van der Waals surface area contributed by atoms with Gasteiger partial charge in [-0.25, -0.2) is 4.79 Å². The van der Waals surface area contributed by atoms with Gasteiger partial charge in [0.15, 0.2) is 0 Å². The molecule has 2 aliphatic heterocycles. The van der Waals surface area contributed by atoms with Crippen LogP contribution in [0, 0.1) is 11.8 Å². The summed E-state index contributed by atoms with van der Waals surface area (Å²) < 4.78 is 5.04. The summed E-state index contributed by atoms with van der Waals surface area (Å²) in [6, 6.07) is 6.77. The van der Waals surface area contributed by atoms with Crippen LogP contribution in [0.25, 0.3) is 0 Å². The zero-order valence-electron chi connectivity index (χ0n) is 18.6. The number of aromatic nitrogens is 1. The van der Waals surface area contributed by atoms with Crippen molar-refractivity contribution >= 4 is 17.8 Å². The number of urea groups is 1. The quantitative estimate of drug-likeness (QED) is 0.668. The number of imide groups is 1. The highest BCUT2D eigenvalue weighted by molar-refractivity contribution is 6.07. The third kappa shape index (κ3) is 4.26. The molecule has 0 saturated carbocycles. The lowest BCUT2D eigenvalue weighted by atomic mass is 9.73. The topological polar surface area (TPSA) is 95.8 Å². The van der Waals surface area contributed by atoms with Gasteiger partial charge in [0.2, 0.25) is 0 Å². The highest BCUT2D eigenvalue weighted by Crippen LogP contribution is 2.38. The number of hydrogen-bond donors (Lipinski definition) is 1. The number of hydrogen-bond acceptors (Lipinski definition) is 5. The highest BCUT2D eigenvalue weighted by Gasteiger charge is 2.55. The van der Waals surface area contributed by atoms with Crippen molar-refractivity contribution in [3.05, 3.63) is 54.2 Å². The fraction of sp³-hybridized carbons (Fsp3) is 0.500. The van der Waals surface area contributed by atoms with Gasteiger partial charge in [0.1, 0.15) is 11.8 Å². The zero-order valence-corrected chi connectivity index (χ0v) is 18.6. The molecular weight excluding hydrogens is 408 g/mol. The van der Waals surface area contributed by atoms with Gasteiger partial charge in [-0.15, -0.1) is 0 Å². The zero-order chi connectivity index (χ0) is 22.7. The molecule has 2 saturated heterocycles. The van der Waals surface area contributed by atoms with Crippen molar-refractivity contribution in [1.82, 2.24) is 20.1 Å². The van der Waals surface area contributed by atoms with Crippen LogP contribution < -0.4 is 5.32 Å². The minimum Gasteiger partial charge on any atom is -0.472 e. The standard InChI is InChI=1S/C24H30N4O4/c1-17(2)6-10-24(19-7-12-27(13-8-19)21(29)18-9-14-32-16-18)22(30)28(23(31)26-24)15-20-5-3-4-11-25-20/h3-5,9,11,14,16-17,19H,6-8,10,12-13,15H2,1-2H3,(H,26,31)/t24-/m0/s1. The maximum absolute atomic E-state index is 13.7. The van der Waals surface area contributed by atoms with Gasteiger partial charge >= 0.3 is 6.03 Å². The van der Waals surface area contributed by atoms with Crippen LogP contribution >= 0.6 is 0 Å². The lowest BCUT2D eigenvalue weighted by molar-refractivity contribution is -0.134. The van der Waals surface area contributed by atoms with Gasteiger partial charge in [-0.3, -0.25) is 19.5 Å². The summed E-state index contributed by atoms with van der Waals surface area (Å²) >= 11 is 0. The molecule has 0 bridgehead atoms. The lowest BCUT2D eigenvalue weighted by Crippen LogP contribution is -2.56. The fourth-order valence-corrected chi connectivity index (χ4v) is 4.75. The summed E-state index contributed by atoms with van der Waals surface area (Å²) in [6.07, 6.45) is 7.34. The summed E-state index contributed by atoms with van der Waals surface area (Å²) in [5.74, 6) is 0.143. The first-order valence-corrected chi connectivity index (χ1v) is 11.3. The van der Waals surface area contributed by atoms with E-state index in [2.05, 4.69) is 24.1 Å². The van der Waals surface area contributed by atoms with Gasteiger partial charge in [0.25, 0.3) is 11.8 Å². The largest absolute Gasteiger partial charge is 0.472 e. The molecule has 4 amide bonds. The molecule has 0 unspecified atom stereocenters. The summed E-state index contributed by atoms with van der Waals surface area (Å²) in [5, 5.41) is 3.08. The number of furan rings is 1. The van der Waals surface area contributed by atoms with Crippen molar-refractivity contribution in [2.75, 3.05) is 13.1 Å². The Bertz CT molecular complexity index is 952. The molecule has 0 aromatic carbocycles. The highest BCUT2D eigenvalue weighted by atomic mass is 16.3. The molecule has 32 heavy (non-hydrogen) atoms. The van der Waals surface area contributed by atoms with E-state index >= 15 is 0 Å². The fourth-order valence-electron chi connectivity index (χ4n) is 4.75. The van der Waals surface area contributed by atoms with Gasteiger partial charge in [-0.1, -0.05) is 19.9 Å². The van der Waals surface area contributed by atoms with E-state index in [1.807, 2.05) is 12.1 Å². The first-order chi connectivity index (χ1) is 15.4. The third-order valence-electron chi connectivity index (χ3n) is 6.61. The molecule has 0 radical (unpaired) electrons. The molecule has 4 rings (SSSR count). The third-order valence-corrected chi connectivity index (χ3v) is 6.61. The number of nitrogens with zero attached hydrogens (tertiary/aromatic N) is 3. The Labute approximate surface area is 188 Å². The van der Waals surface area contributed by atoms with Crippen LogP contribution in [0.5, 0.6) is 0 Å². The van der Waals surface area contributed by atoms with Crippen molar-refractivity contribution < 1.29 is 18.8 Å². The lowest BCUT2D eigenvalue weighted by Gasteiger charge is -2.41. The maximum Gasteiger partial charge on any atom is 0.325 e. The molecule has 2 aliphatic rings. The molecule has 8 heteroatoms. The second-order valence-electron chi connectivity index (χ2n) is 9.12. The van der Waals surface area contributed by atoms with Gasteiger partial charge in [0, 0.05) is 19.3 Å². The van der Waals surface area contributed by atoms with Crippen molar-refractivity contribution in [2.24, 2.45) is 11.8 Å². The van der Waals surface area contributed by atoms with Crippen LogP contribution in [0.15, 0.2) is 47.4 Å². The van der Waals surface area contributed by atoms with Crippen LogP contribution in [0.4, 0.5) is 4.79 Å². The number of piperidine rings is 1. The van der Waals surface area contributed by atoms with Crippen molar-refractivity contribution in [1.29, 1.82) is 0 Å². The number of likely N-dealkylation sites (tertiary alicyclic amines) is 1. The van der Waals surface area contributed by atoms with E-state index < -0.39 is 5.54 Å². The summed E-state index contributed by atoms with van der Waals surface area (Å²) in [7, 11) is 0. The molecule has 1 N–H and O–H groups in total. The first kappa shape index (κ1) is 22.0. The number of rotatable bonds is 7. The number of nitrogens with one attached hydrogen (secondary N) is 1. The van der Waals surface area contributed by atoms with Gasteiger partial charge in [-0.2, -0.15) is 0 Å².